The van der Waals surface area contributed by atoms with Crippen molar-refractivity contribution in [1.82, 2.24) is 15.0 Å². The summed E-state index contributed by atoms with van der Waals surface area (Å²) in [6.45, 7) is 5.76. The first-order valence-corrected chi connectivity index (χ1v) is 9.59. The summed E-state index contributed by atoms with van der Waals surface area (Å²) in [6, 6.07) is 6.14. The van der Waals surface area contributed by atoms with Crippen LogP contribution >= 0.6 is 11.6 Å². The number of halogens is 1. The summed E-state index contributed by atoms with van der Waals surface area (Å²) in [7, 11) is 0. The quantitative estimate of drug-likeness (QED) is 0.700. The molecule has 140 valence electrons. The number of H-pyrrole nitrogens is 1. The molecule has 2 aromatic heterocycles. The minimum Gasteiger partial charge on any atom is -0.390 e. The second-order valence-electron chi connectivity index (χ2n) is 7.07. The lowest BCUT2D eigenvalue weighted by Gasteiger charge is -2.30. The van der Waals surface area contributed by atoms with Crippen molar-refractivity contribution in [2.24, 2.45) is 0 Å². The number of allylic oxidation sites excluding steroid dienone is 1. The molecule has 0 atom stereocenters. The molecule has 0 aliphatic carbocycles. The summed E-state index contributed by atoms with van der Waals surface area (Å²) in [4.78, 5) is 14.5. The van der Waals surface area contributed by atoms with Gasteiger partial charge >= 0.3 is 0 Å². The van der Waals surface area contributed by atoms with Gasteiger partial charge in [0, 0.05) is 30.9 Å². The van der Waals surface area contributed by atoms with E-state index in [0.717, 1.165) is 47.4 Å². The number of rotatable bonds is 3. The number of anilines is 1. The van der Waals surface area contributed by atoms with Crippen molar-refractivity contribution in [3.63, 3.8) is 0 Å². The number of hydrogen-bond acceptors (Lipinski definition) is 4. The average molecular weight is 383 g/mol. The number of hydrogen-bond donors (Lipinski definition) is 2. The van der Waals surface area contributed by atoms with Gasteiger partial charge in [0.05, 0.1) is 22.8 Å². The predicted octanol–water partition coefficient (Wildman–Crippen LogP) is 4.49. The largest absolute Gasteiger partial charge is 0.390 e. The summed E-state index contributed by atoms with van der Waals surface area (Å²) in [5, 5.41) is 11.4. The molecule has 5 nitrogen and oxygen atoms in total. The third-order valence-corrected chi connectivity index (χ3v) is 5.71. The lowest BCUT2D eigenvalue weighted by Crippen LogP contribution is -2.33. The smallest absolute Gasteiger partial charge is 0.225 e. The highest BCUT2D eigenvalue weighted by Gasteiger charge is 2.20. The van der Waals surface area contributed by atoms with Gasteiger partial charge in [0.1, 0.15) is 0 Å². The molecule has 27 heavy (non-hydrogen) atoms. The number of aromatic amines is 1. The minimum absolute atomic E-state index is 0.0623. The van der Waals surface area contributed by atoms with Crippen LogP contribution in [0, 0.1) is 6.92 Å². The van der Waals surface area contributed by atoms with Crippen LogP contribution in [0.5, 0.6) is 0 Å². The molecule has 3 heterocycles. The highest BCUT2D eigenvalue weighted by Crippen LogP contribution is 2.33. The molecule has 1 aromatic carbocycles. The Hall–Kier alpha value is -2.37. The van der Waals surface area contributed by atoms with Crippen molar-refractivity contribution in [2.45, 2.75) is 33.3 Å². The van der Waals surface area contributed by atoms with Crippen molar-refractivity contribution in [2.75, 3.05) is 18.0 Å². The standard InChI is InChI=1S/C21H23ClN4O/c1-13-10-24-21(25-19(13)12-27)26-9-3-4-15(11-26)14(2)16-5-6-18(22)20-17(16)7-8-23-20/h5-8,10,23,27H,3-4,9,11-12H2,1-2H3/b15-14-. The molecule has 4 rings (SSSR count). The molecule has 1 saturated heterocycles. The number of nitrogens with one attached hydrogen (secondary N) is 1. The van der Waals surface area contributed by atoms with E-state index in [4.69, 9.17) is 11.6 Å². The van der Waals surface area contributed by atoms with Crippen LogP contribution in [0.2, 0.25) is 5.02 Å². The number of piperidine rings is 1. The fraction of sp³-hybridized carbons (Fsp3) is 0.333. The Bertz CT molecular complexity index is 1020. The second kappa shape index (κ2) is 7.33. The van der Waals surface area contributed by atoms with Crippen LogP contribution in [0.25, 0.3) is 16.5 Å². The Kier molecular flexibility index (Phi) is 4.89. The lowest BCUT2D eigenvalue weighted by molar-refractivity contribution is 0.275. The fourth-order valence-corrected chi connectivity index (χ4v) is 3.99. The van der Waals surface area contributed by atoms with Crippen LogP contribution in [0.4, 0.5) is 5.95 Å². The molecule has 2 N–H and O–H groups in total. The Morgan fingerprint density at radius 1 is 1.33 bits per heavy atom. The minimum atomic E-state index is -0.0623. The van der Waals surface area contributed by atoms with Crippen LogP contribution < -0.4 is 4.90 Å². The molecule has 0 amide bonds. The zero-order valence-corrected chi connectivity index (χ0v) is 16.3. The summed E-state index contributed by atoms with van der Waals surface area (Å²) >= 11 is 6.31. The van der Waals surface area contributed by atoms with Gasteiger partial charge in [0.25, 0.3) is 0 Å². The molecular formula is C21H23ClN4O. The number of aliphatic hydroxyl groups is 1. The van der Waals surface area contributed by atoms with Gasteiger partial charge in [-0.05, 0) is 61.1 Å². The molecule has 0 spiro atoms. The molecule has 1 aliphatic heterocycles. The van der Waals surface area contributed by atoms with Crippen LogP contribution in [0.15, 0.2) is 36.2 Å². The zero-order chi connectivity index (χ0) is 19.0. The highest BCUT2D eigenvalue weighted by atomic mass is 35.5. The van der Waals surface area contributed by atoms with Gasteiger partial charge in [0.2, 0.25) is 5.95 Å². The van der Waals surface area contributed by atoms with Gasteiger partial charge in [-0.25, -0.2) is 9.97 Å². The van der Waals surface area contributed by atoms with Crippen molar-refractivity contribution in [1.29, 1.82) is 0 Å². The Morgan fingerprint density at radius 2 is 2.19 bits per heavy atom. The van der Waals surface area contributed by atoms with E-state index < -0.39 is 0 Å². The summed E-state index contributed by atoms with van der Waals surface area (Å²) in [6.07, 6.45) is 5.85. The third-order valence-electron chi connectivity index (χ3n) is 5.39. The number of fused-ring (bicyclic) bond motifs is 1. The van der Waals surface area contributed by atoms with E-state index in [1.165, 1.54) is 16.7 Å². The van der Waals surface area contributed by atoms with Crippen LogP contribution in [-0.2, 0) is 6.61 Å². The SMILES string of the molecule is C/C(=C1\CCCN(c2ncc(C)c(CO)n2)C1)c1ccc(Cl)c2[nH]ccc12. The van der Waals surface area contributed by atoms with Crippen molar-refractivity contribution < 1.29 is 5.11 Å². The van der Waals surface area contributed by atoms with Crippen molar-refractivity contribution >= 4 is 34.0 Å². The monoisotopic (exact) mass is 382 g/mol. The molecule has 1 aliphatic rings. The fourth-order valence-electron chi connectivity index (χ4n) is 3.77. The third kappa shape index (κ3) is 3.33. The van der Waals surface area contributed by atoms with Crippen LogP contribution in [0.1, 0.15) is 36.6 Å². The Balaban J connectivity index is 1.69. The van der Waals surface area contributed by atoms with Crippen LogP contribution in [-0.4, -0.2) is 33.1 Å². The van der Waals surface area contributed by atoms with E-state index in [1.807, 2.05) is 19.2 Å². The first-order chi connectivity index (χ1) is 13.1. The molecule has 0 saturated carbocycles. The summed E-state index contributed by atoms with van der Waals surface area (Å²) < 4.78 is 0. The van der Waals surface area contributed by atoms with Gasteiger partial charge in [-0.15, -0.1) is 0 Å². The second-order valence-corrected chi connectivity index (χ2v) is 7.48. The van der Waals surface area contributed by atoms with E-state index in [2.05, 4.69) is 38.9 Å². The molecule has 3 aromatic rings. The van der Waals surface area contributed by atoms with E-state index >= 15 is 0 Å². The van der Waals surface area contributed by atoms with E-state index in [-0.39, 0.29) is 6.61 Å². The first-order valence-electron chi connectivity index (χ1n) is 9.21. The molecule has 0 radical (unpaired) electrons. The summed E-state index contributed by atoms with van der Waals surface area (Å²) in [5.41, 5.74) is 6.49. The maximum atomic E-state index is 9.50. The first kappa shape index (κ1) is 18.0. The van der Waals surface area contributed by atoms with Crippen molar-refractivity contribution in [3.05, 3.63) is 58.0 Å². The van der Waals surface area contributed by atoms with Gasteiger partial charge in [0.15, 0.2) is 0 Å². The Labute approximate surface area is 163 Å². The highest BCUT2D eigenvalue weighted by molar-refractivity contribution is 6.35. The Morgan fingerprint density at radius 3 is 3.00 bits per heavy atom. The zero-order valence-electron chi connectivity index (χ0n) is 15.6. The number of aryl methyl sites for hydroxylation is 1. The van der Waals surface area contributed by atoms with Crippen molar-refractivity contribution in [3.8, 4) is 0 Å². The maximum Gasteiger partial charge on any atom is 0.225 e. The van der Waals surface area contributed by atoms with Gasteiger partial charge in [-0.1, -0.05) is 17.7 Å². The van der Waals surface area contributed by atoms with E-state index in [1.54, 1.807) is 6.20 Å². The maximum absolute atomic E-state index is 9.50. The van der Waals surface area contributed by atoms with Gasteiger partial charge in [-0.2, -0.15) is 0 Å². The van der Waals surface area contributed by atoms with E-state index in [0.29, 0.717) is 11.6 Å². The topological polar surface area (TPSA) is 65.0 Å². The van der Waals surface area contributed by atoms with E-state index in [9.17, 15) is 5.11 Å². The molecule has 0 bridgehead atoms. The number of aliphatic hydroxyl groups excluding tert-OH is 1. The molecule has 0 unspecified atom stereocenters. The summed E-state index contributed by atoms with van der Waals surface area (Å²) in [5.74, 6) is 0.692. The predicted molar refractivity (Wildman–Crippen MR) is 110 cm³/mol. The van der Waals surface area contributed by atoms with Crippen LogP contribution in [0.3, 0.4) is 0 Å². The number of benzene rings is 1. The molecular weight excluding hydrogens is 360 g/mol. The average Bonchev–Trinajstić information content (AvgIpc) is 3.19. The molecule has 1 fully saturated rings. The normalized spacial score (nSPS) is 16.8. The van der Waals surface area contributed by atoms with Gasteiger partial charge < -0.3 is 15.0 Å². The number of nitrogens with zero attached hydrogens (tertiary/aromatic N) is 3. The number of aromatic nitrogens is 3. The lowest BCUT2D eigenvalue weighted by atomic mass is 9.93. The molecule has 6 heteroatoms. The van der Waals surface area contributed by atoms with Gasteiger partial charge in [-0.3, -0.25) is 0 Å².